The van der Waals surface area contributed by atoms with Gasteiger partial charge in [0.05, 0.1) is 13.0 Å². The smallest absolute Gasteiger partial charge is 0.407 e. The number of ether oxygens (including phenoxy) is 1. The Hall–Kier alpha value is -5.67. The Balaban J connectivity index is 1.33. The number of nitrogens with two attached hydrogens (primary N) is 1. The number of hydrogen-bond acceptors (Lipinski definition) is 8. The number of likely N-dealkylation sites (tertiary alicyclic amines) is 1. The number of fused-ring (bicyclic) bond motifs is 3. The van der Waals surface area contributed by atoms with Crippen LogP contribution in [0.5, 0.6) is 0 Å². The van der Waals surface area contributed by atoms with Crippen molar-refractivity contribution in [3.63, 3.8) is 0 Å². The lowest BCUT2D eigenvalue weighted by molar-refractivity contribution is -0.149. The molecule has 2 aromatic rings. The second-order valence-electron chi connectivity index (χ2n) is 11.5. The summed E-state index contributed by atoms with van der Waals surface area (Å²) >= 11 is 0. The molecule has 3 atom stereocenters. The van der Waals surface area contributed by atoms with Crippen LogP contribution in [0.4, 0.5) is 4.79 Å². The number of carboxylic acid groups (broad SMARTS) is 2. The summed E-state index contributed by atoms with van der Waals surface area (Å²) in [5.74, 6) is -5.48. The van der Waals surface area contributed by atoms with E-state index in [4.69, 9.17) is 15.9 Å². The van der Waals surface area contributed by atoms with E-state index < -0.39 is 66.8 Å². The number of guanidine groups is 1. The lowest BCUT2D eigenvalue weighted by Gasteiger charge is -2.27. The Morgan fingerprint density at radius 3 is 2.19 bits per heavy atom. The lowest BCUT2D eigenvalue weighted by Crippen LogP contribution is -2.54. The summed E-state index contributed by atoms with van der Waals surface area (Å²) < 4.78 is 5.43. The summed E-state index contributed by atoms with van der Waals surface area (Å²) in [4.78, 5) is 76.1. The van der Waals surface area contributed by atoms with Crippen molar-refractivity contribution in [3.8, 4) is 11.1 Å². The third-order valence-electron chi connectivity index (χ3n) is 8.19. The third kappa shape index (κ3) is 8.98. The molecule has 2 aromatic carbocycles. The van der Waals surface area contributed by atoms with Gasteiger partial charge in [0.1, 0.15) is 24.7 Å². The number of carbonyl (C=O) groups is 6. The van der Waals surface area contributed by atoms with Crippen molar-refractivity contribution in [1.29, 1.82) is 5.41 Å². The molecule has 2 aliphatic rings. The quantitative estimate of drug-likeness (QED) is 0.0730. The van der Waals surface area contributed by atoms with Crippen LogP contribution in [0.15, 0.2) is 48.5 Å². The van der Waals surface area contributed by atoms with Gasteiger partial charge in [0.25, 0.3) is 0 Å². The van der Waals surface area contributed by atoms with Crippen LogP contribution in [-0.2, 0) is 28.7 Å². The molecule has 16 heteroatoms. The molecule has 256 valence electrons. The van der Waals surface area contributed by atoms with Gasteiger partial charge in [-0.1, -0.05) is 48.5 Å². The molecule has 4 rings (SSSR count). The van der Waals surface area contributed by atoms with Crippen molar-refractivity contribution in [1.82, 2.24) is 26.2 Å². The standard InChI is InChI=1S/C32H39N7O9/c33-31(34)35-13-5-11-23(29(44)39-14-6-12-25(39)30(45)46)37-26(40)16-36-28(43)24(15-27(41)42)38-32(47)48-17-22-20-9-3-1-7-18(20)19-8-2-4-10-21(19)22/h1-4,7-10,22-25H,5-6,11-17H2,(H,36,43)(H,37,40)(H,38,47)(H,41,42)(H,45,46)(H4,33,34,35)/t23-,24-,25-/m0/s1. The number of alkyl carbamates (subject to hydrolysis) is 1. The molecule has 1 aliphatic heterocycles. The summed E-state index contributed by atoms with van der Waals surface area (Å²) in [5, 5.41) is 35.8. The number of carbonyl (C=O) groups excluding carboxylic acids is 4. The fraction of sp³-hybridized carbons (Fsp3) is 0.406. The van der Waals surface area contributed by atoms with Crippen molar-refractivity contribution in [2.24, 2.45) is 5.73 Å². The largest absolute Gasteiger partial charge is 0.481 e. The molecule has 16 nitrogen and oxygen atoms in total. The van der Waals surface area contributed by atoms with Crippen LogP contribution in [0.3, 0.4) is 0 Å². The first-order valence-corrected chi connectivity index (χ1v) is 15.5. The topological polar surface area (TPSA) is 253 Å². The third-order valence-corrected chi connectivity index (χ3v) is 8.19. The fourth-order valence-corrected chi connectivity index (χ4v) is 5.98. The number of rotatable bonds is 15. The van der Waals surface area contributed by atoms with Crippen LogP contribution in [0.1, 0.15) is 49.1 Å². The van der Waals surface area contributed by atoms with Crippen LogP contribution in [0.2, 0.25) is 0 Å². The van der Waals surface area contributed by atoms with E-state index in [-0.39, 0.29) is 44.4 Å². The Kier molecular flexibility index (Phi) is 11.9. The van der Waals surface area contributed by atoms with Crippen LogP contribution in [-0.4, -0.2) is 101 Å². The highest BCUT2D eigenvalue weighted by atomic mass is 16.5. The van der Waals surface area contributed by atoms with Crippen molar-refractivity contribution in [2.45, 2.75) is 56.1 Å². The van der Waals surface area contributed by atoms with Crippen LogP contribution < -0.4 is 27.0 Å². The highest BCUT2D eigenvalue weighted by Crippen LogP contribution is 2.44. The SMILES string of the molecule is N=C(N)NCCC[C@H](NC(=O)CNC(=O)[C@H](CC(=O)O)NC(=O)OCC1c2ccccc2-c2ccccc21)C(=O)N1CCC[C@H]1C(=O)O. The zero-order valence-corrected chi connectivity index (χ0v) is 26.1. The molecule has 0 saturated carbocycles. The van der Waals surface area contributed by atoms with E-state index in [0.29, 0.717) is 12.8 Å². The van der Waals surface area contributed by atoms with Gasteiger partial charge in [-0.3, -0.25) is 24.6 Å². The van der Waals surface area contributed by atoms with Gasteiger partial charge in [0.15, 0.2) is 5.96 Å². The molecule has 0 bridgehead atoms. The summed E-state index contributed by atoms with van der Waals surface area (Å²) in [7, 11) is 0. The van der Waals surface area contributed by atoms with Crippen molar-refractivity contribution in [2.75, 3.05) is 26.2 Å². The van der Waals surface area contributed by atoms with Gasteiger partial charge < -0.3 is 46.9 Å². The van der Waals surface area contributed by atoms with Crippen molar-refractivity contribution < 1.29 is 43.7 Å². The highest BCUT2D eigenvalue weighted by molar-refractivity contribution is 5.94. The monoisotopic (exact) mass is 665 g/mol. The molecular weight excluding hydrogens is 626 g/mol. The number of carboxylic acids is 2. The Morgan fingerprint density at radius 1 is 0.938 bits per heavy atom. The molecule has 0 radical (unpaired) electrons. The summed E-state index contributed by atoms with van der Waals surface area (Å²) in [5.41, 5.74) is 9.25. The van der Waals surface area contributed by atoms with Gasteiger partial charge in [-0.15, -0.1) is 0 Å². The van der Waals surface area contributed by atoms with Crippen LogP contribution in [0, 0.1) is 5.41 Å². The van der Waals surface area contributed by atoms with Gasteiger partial charge in [-0.05, 0) is 47.9 Å². The predicted molar refractivity (Wildman–Crippen MR) is 171 cm³/mol. The van der Waals surface area contributed by atoms with Gasteiger partial charge in [0.2, 0.25) is 17.7 Å². The van der Waals surface area contributed by atoms with E-state index in [1.807, 2.05) is 48.5 Å². The van der Waals surface area contributed by atoms with E-state index in [0.717, 1.165) is 22.3 Å². The maximum atomic E-state index is 13.3. The highest BCUT2D eigenvalue weighted by Gasteiger charge is 2.37. The summed E-state index contributed by atoms with van der Waals surface area (Å²) in [6, 6.07) is 11.6. The van der Waals surface area contributed by atoms with Gasteiger partial charge in [-0.25, -0.2) is 9.59 Å². The molecule has 1 saturated heterocycles. The Bertz CT molecular complexity index is 1520. The van der Waals surface area contributed by atoms with Crippen LogP contribution >= 0.6 is 0 Å². The fourth-order valence-electron chi connectivity index (χ4n) is 5.98. The van der Waals surface area contributed by atoms with Gasteiger partial charge >= 0.3 is 18.0 Å². The minimum absolute atomic E-state index is 0.0687. The maximum Gasteiger partial charge on any atom is 0.407 e. The first-order chi connectivity index (χ1) is 23.0. The second-order valence-corrected chi connectivity index (χ2v) is 11.5. The average molecular weight is 666 g/mol. The number of aliphatic carboxylic acids is 2. The number of amides is 4. The van der Waals surface area contributed by atoms with E-state index in [1.165, 1.54) is 4.90 Å². The summed E-state index contributed by atoms with van der Waals surface area (Å²) in [6.45, 7) is -0.324. The minimum Gasteiger partial charge on any atom is -0.481 e. The van der Waals surface area contributed by atoms with Crippen molar-refractivity contribution >= 4 is 41.7 Å². The van der Waals surface area contributed by atoms with E-state index in [1.54, 1.807) is 0 Å². The molecule has 0 aromatic heterocycles. The molecule has 1 heterocycles. The first kappa shape index (κ1) is 35.2. The molecule has 9 N–H and O–H groups in total. The van der Waals surface area contributed by atoms with Gasteiger partial charge in [0, 0.05) is 19.0 Å². The van der Waals surface area contributed by atoms with Gasteiger partial charge in [-0.2, -0.15) is 0 Å². The van der Waals surface area contributed by atoms with E-state index >= 15 is 0 Å². The molecule has 1 fully saturated rings. The molecular formula is C32H39N7O9. The predicted octanol–water partition coefficient (Wildman–Crippen LogP) is 0.308. The number of nitrogens with one attached hydrogen (secondary N) is 5. The molecule has 1 aliphatic carbocycles. The van der Waals surface area contributed by atoms with E-state index in [2.05, 4.69) is 21.3 Å². The summed E-state index contributed by atoms with van der Waals surface area (Å²) in [6.07, 6.45) is -0.705. The second kappa shape index (κ2) is 16.2. The first-order valence-electron chi connectivity index (χ1n) is 15.5. The Labute approximate surface area is 275 Å². The number of hydrogen-bond donors (Lipinski definition) is 8. The molecule has 0 unspecified atom stereocenters. The Morgan fingerprint density at radius 2 is 1.58 bits per heavy atom. The van der Waals surface area contributed by atoms with Crippen molar-refractivity contribution in [3.05, 3.63) is 59.7 Å². The maximum absolute atomic E-state index is 13.3. The normalized spacial score (nSPS) is 16.1. The number of benzene rings is 2. The van der Waals surface area contributed by atoms with E-state index in [9.17, 15) is 39.0 Å². The van der Waals surface area contributed by atoms with Crippen LogP contribution in [0.25, 0.3) is 11.1 Å². The molecule has 48 heavy (non-hydrogen) atoms. The molecule has 0 spiro atoms. The zero-order valence-electron chi connectivity index (χ0n) is 26.1. The average Bonchev–Trinajstić information content (AvgIpc) is 3.67. The molecule has 4 amide bonds. The minimum atomic E-state index is -1.58. The number of nitrogens with zero attached hydrogens (tertiary/aromatic N) is 1. The lowest BCUT2D eigenvalue weighted by atomic mass is 9.98. The zero-order chi connectivity index (χ0) is 34.8.